The number of hydrogen-bond donors (Lipinski definition) is 2. The Hall–Kier alpha value is -1.14. The predicted molar refractivity (Wildman–Crippen MR) is 86.8 cm³/mol. The first kappa shape index (κ1) is 18.9. The van der Waals surface area contributed by atoms with Crippen LogP contribution >= 0.6 is 12.4 Å². The van der Waals surface area contributed by atoms with Crippen LogP contribution in [0.15, 0.2) is 4.52 Å². The van der Waals surface area contributed by atoms with E-state index in [-0.39, 0.29) is 29.8 Å². The van der Waals surface area contributed by atoms with E-state index in [1.807, 2.05) is 27.7 Å². The highest BCUT2D eigenvalue weighted by Gasteiger charge is 2.36. The van der Waals surface area contributed by atoms with E-state index in [2.05, 4.69) is 15.5 Å². The number of aromatic nitrogens is 2. The van der Waals surface area contributed by atoms with Crippen LogP contribution in [0, 0.1) is 0 Å². The fourth-order valence-corrected chi connectivity index (χ4v) is 2.53. The van der Waals surface area contributed by atoms with E-state index < -0.39 is 5.54 Å². The average molecular weight is 331 g/mol. The van der Waals surface area contributed by atoms with Gasteiger partial charge in [-0.2, -0.15) is 4.98 Å². The van der Waals surface area contributed by atoms with Crippen molar-refractivity contribution in [2.45, 2.75) is 76.8 Å². The standard InChI is InChI=1S/C15H26N4O2.ClH/c1-10(11-18-12(19-21-11)14(2,3)4)17-13(20)15(16)8-6-5-7-9-15;/h10H,5-9,16H2,1-4H3,(H,17,20);1H. The Bertz CT molecular complexity index is 504. The smallest absolute Gasteiger partial charge is 0.248 e. The van der Waals surface area contributed by atoms with E-state index in [1.165, 1.54) is 0 Å². The summed E-state index contributed by atoms with van der Waals surface area (Å²) in [4.78, 5) is 16.8. The highest BCUT2D eigenvalue weighted by atomic mass is 35.5. The van der Waals surface area contributed by atoms with Crippen molar-refractivity contribution >= 4 is 18.3 Å². The van der Waals surface area contributed by atoms with Crippen molar-refractivity contribution in [2.75, 3.05) is 0 Å². The Kier molecular flexibility index (Phi) is 5.98. The molecule has 1 amide bonds. The van der Waals surface area contributed by atoms with Crippen LogP contribution in [0.1, 0.15) is 77.6 Å². The molecular formula is C15H27ClN4O2. The molecule has 22 heavy (non-hydrogen) atoms. The molecule has 3 N–H and O–H groups in total. The van der Waals surface area contributed by atoms with Crippen LogP contribution in [0.3, 0.4) is 0 Å². The van der Waals surface area contributed by atoms with Crippen LogP contribution in [0.4, 0.5) is 0 Å². The monoisotopic (exact) mass is 330 g/mol. The van der Waals surface area contributed by atoms with Crippen molar-refractivity contribution in [3.63, 3.8) is 0 Å². The molecule has 1 fully saturated rings. The zero-order valence-corrected chi connectivity index (χ0v) is 14.6. The van der Waals surface area contributed by atoms with Gasteiger partial charge in [0.15, 0.2) is 5.82 Å². The fraction of sp³-hybridized carbons (Fsp3) is 0.800. The molecule has 1 aromatic heterocycles. The number of nitrogens with two attached hydrogens (primary N) is 1. The number of amides is 1. The van der Waals surface area contributed by atoms with Crippen molar-refractivity contribution in [1.29, 1.82) is 0 Å². The van der Waals surface area contributed by atoms with Gasteiger partial charge in [0.05, 0.1) is 5.54 Å². The molecule has 7 heteroatoms. The van der Waals surface area contributed by atoms with Crippen LogP contribution in [-0.2, 0) is 10.2 Å². The Balaban J connectivity index is 0.00000242. The fourth-order valence-electron chi connectivity index (χ4n) is 2.53. The summed E-state index contributed by atoms with van der Waals surface area (Å²) in [7, 11) is 0. The Morgan fingerprint density at radius 2 is 1.91 bits per heavy atom. The Morgan fingerprint density at radius 3 is 2.41 bits per heavy atom. The van der Waals surface area contributed by atoms with Gasteiger partial charge in [-0.25, -0.2) is 0 Å². The van der Waals surface area contributed by atoms with Gasteiger partial charge in [-0.3, -0.25) is 4.79 Å². The first-order valence-corrected chi connectivity index (χ1v) is 7.66. The summed E-state index contributed by atoms with van der Waals surface area (Å²) in [5.74, 6) is 0.941. The van der Waals surface area contributed by atoms with E-state index in [4.69, 9.17) is 10.3 Å². The minimum Gasteiger partial charge on any atom is -0.343 e. The topological polar surface area (TPSA) is 94.0 Å². The number of nitrogens with one attached hydrogen (secondary N) is 1. The van der Waals surface area contributed by atoms with E-state index in [0.717, 1.165) is 32.1 Å². The molecule has 0 saturated heterocycles. The van der Waals surface area contributed by atoms with Crippen molar-refractivity contribution in [1.82, 2.24) is 15.5 Å². The number of nitrogens with zero attached hydrogens (tertiary/aromatic N) is 2. The van der Waals surface area contributed by atoms with Crippen LogP contribution in [0.25, 0.3) is 0 Å². The quantitative estimate of drug-likeness (QED) is 0.888. The van der Waals surface area contributed by atoms with E-state index in [0.29, 0.717) is 11.7 Å². The molecule has 0 aliphatic heterocycles. The largest absolute Gasteiger partial charge is 0.343 e. The lowest BCUT2D eigenvalue weighted by atomic mass is 9.82. The second-order valence-corrected chi connectivity index (χ2v) is 7.12. The third-order valence-electron chi connectivity index (χ3n) is 4.03. The number of carbonyl (C=O) groups is 1. The summed E-state index contributed by atoms with van der Waals surface area (Å²) >= 11 is 0. The lowest BCUT2D eigenvalue weighted by molar-refractivity contribution is -0.128. The molecule has 1 unspecified atom stereocenters. The van der Waals surface area contributed by atoms with Crippen molar-refractivity contribution < 1.29 is 9.32 Å². The van der Waals surface area contributed by atoms with Gasteiger partial charge >= 0.3 is 0 Å². The molecule has 2 rings (SSSR count). The van der Waals surface area contributed by atoms with E-state index in [9.17, 15) is 4.79 Å². The maximum atomic E-state index is 12.4. The normalized spacial score (nSPS) is 19.1. The maximum absolute atomic E-state index is 12.4. The molecule has 6 nitrogen and oxygen atoms in total. The summed E-state index contributed by atoms with van der Waals surface area (Å²) in [6.45, 7) is 7.88. The molecule has 0 aromatic carbocycles. The van der Waals surface area contributed by atoms with Crippen molar-refractivity contribution in [3.05, 3.63) is 11.7 Å². The zero-order valence-electron chi connectivity index (χ0n) is 13.8. The Morgan fingerprint density at radius 1 is 1.32 bits per heavy atom. The highest BCUT2D eigenvalue weighted by Crippen LogP contribution is 2.27. The summed E-state index contributed by atoms with van der Waals surface area (Å²) < 4.78 is 5.26. The number of hydrogen-bond acceptors (Lipinski definition) is 5. The second-order valence-electron chi connectivity index (χ2n) is 7.12. The van der Waals surface area contributed by atoms with Crippen LogP contribution < -0.4 is 11.1 Å². The van der Waals surface area contributed by atoms with Crippen molar-refractivity contribution in [2.24, 2.45) is 5.73 Å². The molecule has 1 heterocycles. The molecule has 1 saturated carbocycles. The summed E-state index contributed by atoms with van der Waals surface area (Å²) in [6, 6.07) is -0.330. The van der Waals surface area contributed by atoms with Crippen molar-refractivity contribution in [3.8, 4) is 0 Å². The Labute approximate surface area is 138 Å². The van der Waals surface area contributed by atoms with Crippen LogP contribution in [0.5, 0.6) is 0 Å². The summed E-state index contributed by atoms with van der Waals surface area (Å²) in [5.41, 5.74) is 5.30. The molecule has 1 aliphatic rings. The SMILES string of the molecule is CC(NC(=O)C1(N)CCCCC1)c1nc(C(C)(C)C)no1.Cl. The van der Waals surface area contributed by atoms with Gasteiger partial charge in [0.1, 0.15) is 6.04 Å². The van der Waals surface area contributed by atoms with Gasteiger partial charge in [-0.1, -0.05) is 45.2 Å². The lowest BCUT2D eigenvalue weighted by Gasteiger charge is -2.32. The zero-order chi connectivity index (χ0) is 15.7. The average Bonchev–Trinajstić information content (AvgIpc) is 2.89. The molecular weight excluding hydrogens is 304 g/mol. The molecule has 1 aromatic rings. The van der Waals surface area contributed by atoms with Gasteiger partial charge < -0.3 is 15.6 Å². The lowest BCUT2D eigenvalue weighted by Crippen LogP contribution is -2.55. The predicted octanol–water partition coefficient (Wildman–Crippen LogP) is 2.63. The maximum Gasteiger partial charge on any atom is 0.248 e. The third-order valence-corrected chi connectivity index (χ3v) is 4.03. The number of carbonyl (C=O) groups excluding carboxylic acids is 1. The number of rotatable bonds is 3. The molecule has 1 aliphatic carbocycles. The van der Waals surface area contributed by atoms with Gasteiger partial charge in [0.25, 0.3) is 0 Å². The number of halogens is 1. The van der Waals surface area contributed by atoms with Gasteiger partial charge in [-0.05, 0) is 19.8 Å². The molecule has 0 bridgehead atoms. The van der Waals surface area contributed by atoms with E-state index >= 15 is 0 Å². The molecule has 0 radical (unpaired) electrons. The first-order chi connectivity index (χ1) is 9.72. The highest BCUT2D eigenvalue weighted by molar-refractivity contribution is 5.86. The van der Waals surface area contributed by atoms with Gasteiger partial charge in [-0.15, -0.1) is 12.4 Å². The molecule has 1 atom stereocenters. The summed E-state index contributed by atoms with van der Waals surface area (Å²) in [5, 5.41) is 6.89. The first-order valence-electron chi connectivity index (χ1n) is 7.66. The van der Waals surface area contributed by atoms with Crippen LogP contribution in [0.2, 0.25) is 0 Å². The summed E-state index contributed by atoms with van der Waals surface area (Å²) in [6.07, 6.45) is 4.64. The van der Waals surface area contributed by atoms with Gasteiger partial charge in [0, 0.05) is 5.41 Å². The third kappa shape index (κ3) is 4.20. The van der Waals surface area contributed by atoms with Gasteiger partial charge in [0.2, 0.25) is 11.8 Å². The minimum atomic E-state index is -0.751. The second kappa shape index (κ2) is 6.96. The van der Waals surface area contributed by atoms with E-state index in [1.54, 1.807) is 0 Å². The molecule has 126 valence electrons. The minimum absolute atomic E-state index is 0. The molecule has 0 spiro atoms. The van der Waals surface area contributed by atoms with Crippen LogP contribution in [-0.4, -0.2) is 21.6 Å².